The number of hydrogen-bond donors (Lipinski definition) is 2. The van der Waals surface area contributed by atoms with Gasteiger partial charge in [-0.15, -0.1) is 0 Å². The van der Waals surface area contributed by atoms with Crippen LogP contribution in [0.3, 0.4) is 0 Å². The summed E-state index contributed by atoms with van der Waals surface area (Å²) in [6, 6.07) is 9.97. The fraction of sp³-hybridized carbons (Fsp3) is 0.417. The van der Waals surface area contributed by atoms with E-state index in [0.29, 0.717) is 26.2 Å². The first-order valence-corrected chi connectivity index (χ1v) is 12.8. The van der Waals surface area contributed by atoms with E-state index >= 15 is 0 Å². The molecule has 0 atom stereocenters. The lowest BCUT2D eigenvalue weighted by Gasteiger charge is -2.43. The number of aromatic nitrogens is 3. The average Bonchev–Trinajstić information content (AvgIpc) is 3.48. The second kappa shape index (κ2) is 12.7. The predicted molar refractivity (Wildman–Crippen MR) is 141 cm³/mol. The largest absolute Gasteiger partial charge is 0.353 e. The molecule has 3 N–H and O–H groups in total. The molecule has 1 saturated carbocycles. The normalized spacial score (nSPS) is 16.3. The van der Waals surface area contributed by atoms with Crippen LogP contribution in [0, 0.1) is 6.92 Å². The number of fused-ring (bicyclic) bond motifs is 1. The molecular weight excluding hydrogens is 482 g/mol. The highest BCUT2D eigenvalue weighted by atomic mass is 32.2. The second-order valence-electron chi connectivity index (χ2n) is 8.41. The molecule has 0 amide bonds. The minimum Gasteiger partial charge on any atom is -0.353 e. The van der Waals surface area contributed by atoms with Crippen LogP contribution in [0.15, 0.2) is 42.9 Å². The highest BCUT2D eigenvalue weighted by molar-refractivity contribution is 7.86. The summed E-state index contributed by atoms with van der Waals surface area (Å²) in [5, 5.41) is 0.973. The number of piperazine rings is 1. The van der Waals surface area contributed by atoms with Gasteiger partial charge in [0.25, 0.3) is 10.2 Å². The zero-order chi connectivity index (χ0) is 26.9. The Bertz CT molecular complexity index is 1230. The van der Waals surface area contributed by atoms with Crippen molar-refractivity contribution in [2.75, 3.05) is 38.6 Å². The fourth-order valence-corrected chi connectivity index (χ4v) is 6.17. The summed E-state index contributed by atoms with van der Waals surface area (Å²) in [7, 11) is -0.380. The first-order chi connectivity index (χ1) is 17.4. The lowest BCUT2D eigenvalue weighted by molar-refractivity contribution is -0.0987. The fourth-order valence-electron chi connectivity index (χ4n) is 4.48. The highest BCUT2D eigenvalue weighted by Gasteiger charge is 2.56. The smallest absolute Gasteiger partial charge is 0.282 e. The molecule has 1 saturated heterocycles. The van der Waals surface area contributed by atoms with Crippen molar-refractivity contribution < 1.29 is 18.0 Å². The van der Waals surface area contributed by atoms with E-state index in [2.05, 4.69) is 25.6 Å². The Balaban J connectivity index is 0.000000710. The molecule has 3 heterocycles. The van der Waals surface area contributed by atoms with E-state index in [1.807, 2.05) is 57.0 Å². The average molecular weight is 518 g/mol. The molecule has 0 radical (unpaired) electrons. The lowest BCUT2D eigenvalue weighted by Crippen LogP contribution is -2.59. The number of nitrogens with two attached hydrogens (primary N) is 1. The number of carbonyl (C=O) groups excluding carboxylic acids is 2. The van der Waals surface area contributed by atoms with Crippen molar-refractivity contribution in [3.8, 4) is 0 Å². The molecule has 5 rings (SSSR count). The first kappa shape index (κ1) is 29.0. The van der Waals surface area contributed by atoms with Gasteiger partial charge in [-0.2, -0.15) is 17.0 Å². The molecular formula is C24H35N7O4S. The number of H-pyrrole nitrogens is 1. The van der Waals surface area contributed by atoms with Crippen LogP contribution in [0.5, 0.6) is 0 Å². The molecule has 1 aromatic carbocycles. The summed E-state index contributed by atoms with van der Waals surface area (Å²) < 4.78 is 30.1. The zero-order valence-electron chi connectivity index (χ0n) is 21.1. The SMILES string of the molecule is C=O.C=O.CN.Cc1cccc(CN(C)S(=O)(=O)N2CCN(c3ncnc4[nH]ccc34)CC23CC3)c1. The number of anilines is 1. The van der Waals surface area contributed by atoms with Gasteiger partial charge in [-0.25, -0.2) is 9.97 Å². The summed E-state index contributed by atoms with van der Waals surface area (Å²) >= 11 is 0. The van der Waals surface area contributed by atoms with Crippen LogP contribution in [0.1, 0.15) is 24.0 Å². The molecule has 12 heteroatoms. The van der Waals surface area contributed by atoms with Crippen molar-refractivity contribution in [2.45, 2.75) is 31.8 Å². The summed E-state index contributed by atoms with van der Waals surface area (Å²) in [4.78, 5) is 30.1. The van der Waals surface area contributed by atoms with Crippen molar-refractivity contribution >= 4 is 40.6 Å². The Labute approximate surface area is 212 Å². The van der Waals surface area contributed by atoms with Crippen molar-refractivity contribution in [1.29, 1.82) is 0 Å². The van der Waals surface area contributed by atoms with Gasteiger partial charge in [0.1, 0.15) is 31.4 Å². The van der Waals surface area contributed by atoms with Crippen molar-refractivity contribution in [1.82, 2.24) is 23.6 Å². The number of carbonyl (C=O) groups is 2. The summed E-state index contributed by atoms with van der Waals surface area (Å²) in [5.41, 5.74) is 7.09. The van der Waals surface area contributed by atoms with Gasteiger partial charge in [0.05, 0.1) is 10.9 Å². The van der Waals surface area contributed by atoms with Crippen LogP contribution in [0.4, 0.5) is 5.82 Å². The standard InChI is InChI=1S/C21H26N6O2S.CH5N.2CH2O/c1-16-4-3-5-17(12-16)13-25(2)30(28,29)27-11-10-26(14-21(27)7-8-21)20-18-6-9-22-19(18)23-15-24-20;3*1-2/h3-6,9,12,15H,7-8,10-11,13-14H2,1-2H3,(H,22,23,24);2H2,1H3;2*1H2. The van der Waals surface area contributed by atoms with Crippen LogP contribution in [-0.2, 0) is 26.3 Å². The zero-order valence-corrected chi connectivity index (χ0v) is 21.9. The van der Waals surface area contributed by atoms with Gasteiger partial charge in [0.15, 0.2) is 0 Å². The third kappa shape index (κ3) is 5.95. The summed E-state index contributed by atoms with van der Waals surface area (Å²) in [6.07, 6.45) is 5.17. The topological polar surface area (TPSA) is 146 Å². The van der Waals surface area contributed by atoms with Crippen LogP contribution in [0.2, 0.25) is 0 Å². The van der Waals surface area contributed by atoms with Gasteiger partial charge in [0, 0.05) is 39.4 Å². The Kier molecular flexibility index (Phi) is 10.2. The third-order valence-electron chi connectivity index (χ3n) is 6.21. The van der Waals surface area contributed by atoms with E-state index < -0.39 is 10.2 Å². The van der Waals surface area contributed by atoms with E-state index in [1.54, 1.807) is 17.7 Å². The van der Waals surface area contributed by atoms with Gasteiger partial charge in [0.2, 0.25) is 0 Å². The van der Waals surface area contributed by atoms with Gasteiger partial charge in [-0.3, -0.25) is 0 Å². The molecule has 2 aliphatic rings. The molecule has 2 fully saturated rings. The molecule has 0 unspecified atom stereocenters. The highest BCUT2D eigenvalue weighted by Crippen LogP contribution is 2.47. The van der Waals surface area contributed by atoms with Crippen LogP contribution < -0.4 is 10.6 Å². The molecule has 36 heavy (non-hydrogen) atoms. The van der Waals surface area contributed by atoms with Gasteiger partial charge >= 0.3 is 0 Å². The Hall–Kier alpha value is -3.19. The quantitative estimate of drug-likeness (QED) is 0.518. The number of rotatable bonds is 5. The van der Waals surface area contributed by atoms with E-state index in [9.17, 15) is 8.42 Å². The number of aromatic amines is 1. The van der Waals surface area contributed by atoms with Crippen molar-refractivity contribution in [2.24, 2.45) is 5.73 Å². The molecule has 1 aliphatic heterocycles. The van der Waals surface area contributed by atoms with Crippen LogP contribution in [0.25, 0.3) is 11.0 Å². The second-order valence-corrected chi connectivity index (χ2v) is 10.4. The van der Waals surface area contributed by atoms with E-state index in [1.165, 1.54) is 11.4 Å². The van der Waals surface area contributed by atoms with E-state index in [-0.39, 0.29) is 5.54 Å². The van der Waals surface area contributed by atoms with Gasteiger partial charge < -0.3 is 25.2 Å². The minimum absolute atomic E-state index is 0.342. The maximum absolute atomic E-state index is 13.4. The number of nitrogens with zero attached hydrogens (tertiary/aromatic N) is 5. The van der Waals surface area contributed by atoms with Gasteiger partial charge in [-0.1, -0.05) is 29.8 Å². The maximum Gasteiger partial charge on any atom is 0.282 e. The molecule has 11 nitrogen and oxygen atoms in total. The number of aryl methyl sites for hydroxylation is 1. The van der Waals surface area contributed by atoms with Gasteiger partial charge in [-0.05, 0) is 38.4 Å². The van der Waals surface area contributed by atoms with E-state index in [4.69, 9.17) is 9.59 Å². The summed E-state index contributed by atoms with van der Waals surface area (Å²) in [5.74, 6) is 0.873. The molecule has 2 aromatic heterocycles. The monoisotopic (exact) mass is 517 g/mol. The third-order valence-corrected chi connectivity index (χ3v) is 8.25. The Morgan fingerprint density at radius 3 is 2.44 bits per heavy atom. The number of benzene rings is 1. The number of nitrogens with one attached hydrogen (secondary N) is 1. The van der Waals surface area contributed by atoms with Crippen molar-refractivity contribution in [3.05, 3.63) is 54.0 Å². The van der Waals surface area contributed by atoms with Crippen LogP contribution in [-0.4, -0.2) is 84.8 Å². The molecule has 3 aromatic rings. The Morgan fingerprint density at radius 2 is 1.81 bits per heavy atom. The maximum atomic E-state index is 13.4. The minimum atomic E-state index is -3.55. The first-order valence-electron chi connectivity index (χ1n) is 11.4. The summed E-state index contributed by atoms with van der Waals surface area (Å²) in [6.45, 7) is 8.11. The van der Waals surface area contributed by atoms with E-state index in [0.717, 1.165) is 40.8 Å². The van der Waals surface area contributed by atoms with Crippen LogP contribution >= 0.6 is 0 Å². The van der Waals surface area contributed by atoms with Crippen molar-refractivity contribution in [3.63, 3.8) is 0 Å². The lowest BCUT2D eigenvalue weighted by atomic mass is 10.1. The Morgan fingerprint density at radius 1 is 1.11 bits per heavy atom. The molecule has 1 spiro atoms. The molecule has 0 bridgehead atoms. The number of hydrogen-bond acceptors (Lipinski definition) is 8. The molecule has 196 valence electrons. The molecule has 1 aliphatic carbocycles. The predicted octanol–water partition coefficient (Wildman–Crippen LogP) is 1.50.